The molecule has 0 aliphatic carbocycles. The van der Waals surface area contributed by atoms with Gasteiger partial charge in [-0.3, -0.25) is 0 Å². The topological polar surface area (TPSA) is 161 Å². The number of aliphatic hydroxyl groups is 3. The molecule has 0 heterocycles. The lowest BCUT2D eigenvalue weighted by Crippen LogP contribution is -2.33. The highest BCUT2D eigenvalue weighted by Crippen LogP contribution is 2.05. The normalized spacial score (nSPS) is 18.5. The van der Waals surface area contributed by atoms with Crippen LogP contribution in [0.3, 0.4) is 0 Å². The van der Waals surface area contributed by atoms with Crippen LogP contribution >= 0.6 is 0 Å². The van der Waals surface area contributed by atoms with Gasteiger partial charge in [0.2, 0.25) is 0 Å². The molecule has 0 saturated carbocycles. The lowest BCUT2D eigenvalue weighted by Gasteiger charge is -2.23. The predicted octanol–water partition coefficient (Wildman–Crippen LogP) is 1.71. The molecule has 0 fully saturated rings. The molecule has 0 radical (unpaired) electrons. The molecule has 0 bridgehead atoms. The van der Waals surface area contributed by atoms with Crippen LogP contribution in [-0.2, 0) is 42.6 Å². The number of carbonyl (C=O) groups excluding carboxylic acids is 1. The number of carbonyl (C=O) groups is 1. The average Bonchev–Trinajstić information content (AvgIpc) is 2.89. The highest BCUT2D eigenvalue weighted by Gasteiger charge is 2.17. The molecule has 0 saturated heterocycles. The van der Waals surface area contributed by atoms with Gasteiger partial charge in [0.1, 0.15) is 18.8 Å². The van der Waals surface area contributed by atoms with Crippen molar-refractivity contribution in [3.05, 3.63) is 0 Å². The number of rotatable bonds is 26. The van der Waals surface area contributed by atoms with Gasteiger partial charge in [-0.05, 0) is 55.4 Å². The van der Waals surface area contributed by atoms with E-state index in [0.717, 1.165) is 0 Å². The summed E-state index contributed by atoms with van der Waals surface area (Å²) < 4.78 is 49.9. The van der Waals surface area contributed by atoms with Crippen molar-refractivity contribution in [2.24, 2.45) is 0 Å². The van der Waals surface area contributed by atoms with Crippen molar-refractivity contribution in [2.45, 2.75) is 110 Å². The Labute approximate surface area is 245 Å². The highest BCUT2D eigenvalue weighted by molar-refractivity contribution is 5.60. The van der Waals surface area contributed by atoms with E-state index < -0.39 is 30.6 Å². The molecule has 0 aromatic heterocycles. The number of aliphatic hydroxyl groups excluding tert-OH is 3. The fraction of sp³-hybridized carbons (Fsp3) is 0.964. The first kappa shape index (κ1) is 39.9. The van der Waals surface area contributed by atoms with Crippen molar-refractivity contribution in [3.63, 3.8) is 0 Å². The average molecular weight is 601 g/mol. The van der Waals surface area contributed by atoms with Gasteiger partial charge in [-0.25, -0.2) is 4.79 Å². The van der Waals surface area contributed by atoms with E-state index >= 15 is 0 Å². The molecule has 13 heteroatoms. The third-order valence-corrected chi connectivity index (χ3v) is 5.09. The SMILES string of the molecule is CC(O)COC(=O)OC(C)COC(C)COC(C)COCC(COCC(C)OCC(C)O)OCC(C)OCC(C)O. The minimum atomic E-state index is -0.856. The van der Waals surface area contributed by atoms with E-state index in [1.807, 2.05) is 27.7 Å². The zero-order valence-electron chi connectivity index (χ0n) is 26.2. The first-order valence-corrected chi connectivity index (χ1v) is 14.4. The Morgan fingerprint density at radius 3 is 1.27 bits per heavy atom. The van der Waals surface area contributed by atoms with Crippen LogP contribution in [0, 0.1) is 0 Å². The fourth-order valence-corrected chi connectivity index (χ4v) is 2.97. The second-order valence-corrected chi connectivity index (χ2v) is 10.6. The van der Waals surface area contributed by atoms with Crippen LogP contribution in [-0.4, -0.2) is 142 Å². The van der Waals surface area contributed by atoms with Gasteiger partial charge >= 0.3 is 6.16 Å². The van der Waals surface area contributed by atoms with Gasteiger partial charge in [0.05, 0.1) is 102 Å². The smallest absolute Gasteiger partial charge is 0.432 e. The van der Waals surface area contributed by atoms with E-state index in [1.165, 1.54) is 6.92 Å². The molecule has 41 heavy (non-hydrogen) atoms. The van der Waals surface area contributed by atoms with Gasteiger partial charge in [-0.2, -0.15) is 0 Å². The van der Waals surface area contributed by atoms with Crippen molar-refractivity contribution in [2.75, 3.05) is 66.1 Å². The van der Waals surface area contributed by atoms with Crippen molar-refractivity contribution in [1.82, 2.24) is 0 Å². The Balaban J connectivity index is 4.39. The molecule has 3 N–H and O–H groups in total. The van der Waals surface area contributed by atoms with Crippen LogP contribution in [0.25, 0.3) is 0 Å². The monoisotopic (exact) mass is 600 g/mol. The number of hydrogen-bond acceptors (Lipinski definition) is 13. The Morgan fingerprint density at radius 2 is 0.829 bits per heavy atom. The second kappa shape index (κ2) is 24.3. The summed E-state index contributed by atoms with van der Waals surface area (Å²) in [7, 11) is 0. The summed E-state index contributed by atoms with van der Waals surface area (Å²) in [5.74, 6) is 0. The van der Waals surface area contributed by atoms with E-state index in [4.69, 9.17) is 47.7 Å². The van der Waals surface area contributed by atoms with Gasteiger partial charge in [0.15, 0.2) is 0 Å². The van der Waals surface area contributed by atoms with Gasteiger partial charge in [0, 0.05) is 0 Å². The van der Waals surface area contributed by atoms with Gasteiger partial charge < -0.3 is 58.0 Å². The van der Waals surface area contributed by atoms with E-state index in [9.17, 15) is 15.0 Å². The molecule has 13 nitrogen and oxygen atoms in total. The third kappa shape index (κ3) is 26.2. The number of hydrogen-bond donors (Lipinski definition) is 3. The molecule has 246 valence electrons. The summed E-state index contributed by atoms with van der Waals surface area (Å²) in [6, 6.07) is 0. The standard InChI is InChI=1S/C28H56O13/c1-19(29)9-35-22(4)12-33-17-27(39-15-25(7)36-10-20(2)30)18-34-13-23(5)37-14-24(6)38-16-26(8)41-28(32)40-11-21(3)31/h19-27,29-31H,9-18H2,1-8H3. The molecule has 0 aliphatic heterocycles. The van der Waals surface area contributed by atoms with Crippen molar-refractivity contribution in [1.29, 1.82) is 0 Å². The molecular formula is C28H56O13. The Morgan fingerprint density at radius 1 is 0.463 bits per heavy atom. The summed E-state index contributed by atoms with van der Waals surface area (Å²) in [4.78, 5) is 11.5. The predicted molar refractivity (Wildman–Crippen MR) is 150 cm³/mol. The van der Waals surface area contributed by atoms with Crippen LogP contribution in [0.2, 0.25) is 0 Å². The fourth-order valence-electron chi connectivity index (χ4n) is 2.97. The summed E-state index contributed by atoms with van der Waals surface area (Å²) in [5.41, 5.74) is 0. The lowest BCUT2D eigenvalue weighted by molar-refractivity contribution is -0.117. The van der Waals surface area contributed by atoms with Crippen LogP contribution < -0.4 is 0 Å². The van der Waals surface area contributed by atoms with E-state index in [0.29, 0.717) is 26.4 Å². The molecule has 0 amide bonds. The first-order valence-electron chi connectivity index (χ1n) is 14.4. The maximum atomic E-state index is 11.5. The highest BCUT2D eigenvalue weighted by atomic mass is 16.7. The van der Waals surface area contributed by atoms with Gasteiger partial charge in [0.25, 0.3) is 0 Å². The minimum Gasteiger partial charge on any atom is -0.432 e. The third-order valence-electron chi connectivity index (χ3n) is 5.09. The van der Waals surface area contributed by atoms with Crippen LogP contribution in [0.5, 0.6) is 0 Å². The quantitative estimate of drug-likeness (QED) is 0.123. The molecule has 0 aromatic carbocycles. The van der Waals surface area contributed by atoms with E-state index in [1.54, 1.807) is 20.8 Å². The Kier molecular flexibility index (Phi) is 23.7. The minimum absolute atomic E-state index is 0.132. The van der Waals surface area contributed by atoms with Crippen molar-refractivity contribution in [3.8, 4) is 0 Å². The first-order chi connectivity index (χ1) is 19.3. The summed E-state index contributed by atoms with van der Waals surface area (Å²) in [6.45, 7) is 16.3. The molecule has 9 atom stereocenters. The van der Waals surface area contributed by atoms with Crippen molar-refractivity contribution >= 4 is 6.16 Å². The Bertz CT molecular complexity index is 620. The summed E-state index contributed by atoms with van der Waals surface area (Å²) >= 11 is 0. The second-order valence-electron chi connectivity index (χ2n) is 10.6. The molecule has 0 aliphatic rings. The van der Waals surface area contributed by atoms with Crippen LogP contribution in [0.15, 0.2) is 0 Å². The van der Waals surface area contributed by atoms with Crippen molar-refractivity contribution < 1.29 is 62.7 Å². The molecule has 0 spiro atoms. The zero-order chi connectivity index (χ0) is 31.2. The molecule has 0 aromatic rings. The van der Waals surface area contributed by atoms with Crippen LogP contribution in [0.4, 0.5) is 4.79 Å². The molecular weight excluding hydrogens is 544 g/mol. The summed E-state index contributed by atoms with van der Waals surface area (Å²) in [5, 5.41) is 27.9. The van der Waals surface area contributed by atoms with Gasteiger partial charge in [-0.15, -0.1) is 0 Å². The van der Waals surface area contributed by atoms with E-state index in [2.05, 4.69) is 0 Å². The zero-order valence-corrected chi connectivity index (χ0v) is 26.2. The number of ether oxygens (including phenoxy) is 9. The molecule has 0 rings (SSSR count). The molecule has 9 unspecified atom stereocenters. The van der Waals surface area contributed by atoms with E-state index in [-0.39, 0.29) is 70.2 Å². The maximum absolute atomic E-state index is 11.5. The maximum Gasteiger partial charge on any atom is 0.508 e. The lowest BCUT2D eigenvalue weighted by atomic mass is 10.3. The summed E-state index contributed by atoms with van der Waals surface area (Å²) in [6.07, 6.45) is -4.46. The largest absolute Gasteiger partial charge is 0.508 e. The van der Waals surface area contributed by atoms with Gasteiger partial charge in [-0.1, -0.05) is 0 Å². The Hall–Kier alpha value is -1.13. The van der Waals surface area contributed by atoms with Crippen LogP contribution in [0.1, 0.15) is 55.4 Å².